The first kappa shape index (κ1) is 18.1. The van der Waals surface area contributed by atoms with Gasteiger partial charge >= 0.3 is 0 Å². The fourth-order valence-electron chi connectivity index (χ4n) is 3.32. The van der Waals surface area contributed by atoms with E-state index >= 15 is 0 Å². The molecule has 1 spiro atoms. The Balaban J connectivity index is 1.63. The summed E-state index contributed by atoms with van der Waals surface area (Å²) in [7, 11) is 0. The molecule has 1 aromatic rings. The second-order valence-electron chi connectivity index (χ2n) is 6.11. The number of rotatable bonds is 7. The van der Waals surface area contributed by atoms with Crippen molar-refractivity contribution in [1.82, 2.24) is 5.48 Å². The number of halogens is 1. The molecule has 2 aliphatic heterocycles. The Morgan fingerprint density at radius 3 is 2.68 bits per heavy atom. The summed E-state index contributed by atoms with van der Waals surface area (Å²) < 4.78 is 11.3. The van der Waals surface area contributed by atoms with Gasteiger partial charge in [-0.3, -0.25) is 14.8 Å². The minimum Gasteiger partial charge on any atom is -0.336 e. The molecule has 25 heavy (non-hydrogen) atoms. The molecule has 0 unspecified atom stereocenters. The van der Waals surface area contributed by atoms with Crippen molar-refractivity contribution >= 4 is 29.1 Å². The van der Waals surface area contributed by atoms with E-state index in [1.807, 2.05) is 6.07 Å². The van der Waals surface area contributed by atoms with E-state index < -0.39 is 5.79 Å². The van der Waals surface area contributed by atoms with Gasteiger partial charge in [0.1, 0.15) is 0 Å². The Kier molecular flexibility index (Phi) is 5.58. The fraction of sp³-hybridized carbons (Fsp3) is 0.529. The van der Waals surface area contributed by atoms with Gasteiger partial charge < -0.3 is 14.4 Å². The molecule has 2 N–H and O–H groups in total. The number of ether oxygens (including phenoxy) is 2. The van der Waals surface area contributed by atoms with Gasteiger partial charge in [0, 0.05) is 18.5 Å². The summed E-state index contributed by atoms with van der Waals surface area (Å²) in [5.41, 5.74) is 2.95. The van der Waals surface area contributed by atoms with Crippen LogP contribution < -0.4 is 10.4 Å². The van der Waals surface area contributed by atoms with Crippen LogP contribution in [-0.4, -0.2) is 36.8 Å². The van der Waals surface area contributed by atoms with E-state index in [-0.39, 0.29) is 11.8 Å². The normalized spacial score (nSPS) is 18.0. The van der Waals surface area contributed by atoms with Crippen molar-refractivity contribution in [3.8, 4) is 0 Å². The van der Waals surface area contributed by atoms with Crippen LogP contribution >= 0.6 is 11.6 Å². The van der Waals surface area contributed by atoms with Crippen molar-refractivity contribution < 1.29 is 24.3 Å². The number of carbonyl (C=O) groups excluding carboxylic acids is 2. The predicted molar refractivity (Wildman–Crippen MR) is 90.4 cm³/mol. The number of fused-ring (bicyclic) bond motifs is 2. The molecule has 2 heterocycles. The number of amides is 2. The van der Waals surface area contributed by atoms with Crippen LogP contribution in [0.5, 0.6) is 0 Å². The van der Waals surface area contributed by atoms with E-state index in [0.29, 0.717) is 48.9 Å². The summed E-state index contributed by atoms with van der Waals surface area (Å²) in [4.78, 5) is 25.5. The van der Waals surface area contributed by atoms with E-state index in [0.717, 1.165) is 19.3 Å². The van der Waals surface area contributed by atoms with Crippen LogP contribution in [0.2, 0.25) is 5.02 Å². The molecule has 8 heteroatoms. The average Bonchev–Trinajstić information content (AvgIpc) is 3.19. The lowest BCUT2D eigenvalue weighted by atomic mass is 10.1. The number of nitrogens with zero attached hydrogens (tertiary/aromatic N) is 1. The summed E-state index contributed by atoms with van der Waals surface area (Å²) >= 11 is 6.33. The largest absolute Gasteiger partial charge is 0.336 e. The fourth-order valence-corrected chi connectivity index (χ4v) is 3.60. The topological polar surface area (TPSA) is 88.1 Å². The van der Waals surface area contributed by atoms with Gasteiger partial charge in [0.15, 0.2) is 0 Å². The van der Waals surface area contributed by atoms with Crippen LogP contribution in [0.3, 0.4) is 0 Å². The van der Waals surface area contributed by atoms with E-state index in [1.54, 1.807) is 22.5 Å². The molecule has 0 bridgehead atoms. The molecule has 1 fully saturated rings. The highest BCUT2D eigenvalue weighted by Crippen LogP contribution is 2.48. The molecule has 1 saturated heterocycles. The molecule has 136 valence electrons. The maximum Gasteiger partial charge on any atom is 0.292 e. The minimum atomic E-state index is -1.35. The SMILES string of the molecule is O=C(CCCCCCN1C(=O)C2(OCCO2)c2cccc(Cl)c21)NO. The van der Waals surface area contributed by atoms with Gasteiger partial charge in [-0.05, 0) is 18.9 Å². The zero-order valence-electron chi connectivity index (χ0n) is 13.8. The van der Waals surface area contributed by atoms with Crippen molar-refractivity contribution in [2.45, 2.75) is 37.9 Å². The molecular weight excluding hydrogens is 348 g/mol. The maximum atomic E-state index is 12.9. The monoisotopic (exact) mass is 368 g/mol. The Morgan fingerprint density at radius 2 is 1.96 bits per heavy atom. The third kappa shape index (κ3) is 3.37. The van der Waals surface area contributed by atoms with Gasteiger partial charge in [-0.1, -0.05) is 36.6 Å². The number of nitrogens with one attached hydrogen (secondary N) is 1. The van der Waals surface area contributed by atoms with E-state index in [1.165, 1.54) is 0 Å². The van der Waals surface area contributed by atoms with E-state index in [2.05, 4.69) is 0 Å². The lowest BCUT2D eigenvalue weighted by molar-refractivity contribution is -0.180. The highest BCUT2D eigenvalue weighted by atomic mass is 35.5. The zero-order valence-corrected chi connectivity index (χ0v) is 14.6. The summed E-state index contributed by atoms with van der Waals surface area (Å²) in [6, 6.07) is 5.36. The van der Waals surface area contributed by atoms with E-state index in [9.17, 15) is 9.59 Å². The third-order valence-corrected chi connectivity index (χ3v) is 4.80. The van der Waals surface area contributed by atoms with Gasteiger partial charge in [-0.15, -0.1) is 0 Å². The van der Waals surface area contributed by atoms with Crippen LogP contribution in [0.1, 0.15) is 37.7 Å². The standard InChI is InChI=1S/C17H21ClN2O5/c18-13-7-5-6-12-15(13)20(16(22)17(12)24-10-11-25-17)9-4-2-1-3-8-14(21)19-23/h5-7,23H,1-4,8-11H2,(H,19,21). The molecular formula is C17H21ClN2O5. The number of hydrogen-bond donors (Lipinski definition) is 2. The first-order chi connectivity index (χ1) is 12.1. The number of hydrogen-bond acceptors (Lipinski definition) is 5. The molecule has 2 amide bonds. The number of para-hydroxylation sites is 1. The predicted octanol–water partition coefficient (Wildman–Crippen LogP) is 2.34. The molecule has 0 atom stereocenters. The van der Waals surface area contributed by atoms with Gasteiger partial charge in [0.25, 0.3) is 11.7 Å². The molecule has 0 radical (unpaired) electrons. The molecule has 0 aliphatic carbocycles. The van der Waals surface area contributed by atoms with Gasteiger partial charge in [0.2, 0.25) is 5.91 Å². The van der Waals surface area contributed by atoms with Crippen molar-refractivity contribution in [3.63, 3.8) is 0 Å². The molecule has 1 aromatic carbocycles. The Bertz CT molecular complexity index is 660. The lowest BCUT2D eigenvalue weighted by Crippen LogP contribution is -2.41. The van der Waals surface area contributed by atoms with Gasteiger partial charge in [-0.25, -0.2) is 5.48 Å². The maximum absolute atomic E-state index is 12.9. The number of unbranched alkanes of at least 4 members (excludes halogenated alkanes) is 3. The van der Waals surface area contributed by atoms with Crippen molar-refractivity contribution in [1.29, 1.82) is 0 Å². The van der Waals surface area contributed by atoms with Crippen LogP contribution in [0.25, 0.3) is 0 Å². The van der Waals surface area contributed by atoms with E-state index in [4.69, 9.17) is 26.3 Å². The molecule has 7 nitrogen and oxygen atoms in total. The number of anilines is 1. The second-order valence-corrected chi connectivity index (χ2v) is 6.51. The highest BCUT2D eigenvalue weighted by molar-refractivity contribution is 6.35. The second kappa shape index (κ2) is 7.70. The average molecular weight is 369 g/mol. The Morgan fingerprint density at radius 1 is 1.24 bits per heavy atom. The quantitative estimate of drug-likeness (QED) is 0.438. The first-order valence-corrected chi connectivity index (χ1v) is 8.80. The van der Waals surface area contributed by atoms with Crippen molar-refractivity contribution in [3.05, 3.63) is 28.8 Å². The summed E-state index contributed by atoms with van der Waals surface area (Å²) in [6.45, 7) is 1.26. The third-order valence-electron chi connectivity index (χ3n) is 4.49. The van der Waals surface area contributed by atoms with Crippen molar-refractivity contribution in [2.75, 3.05) is 24.7 Å². The molecule has 0 aromatic heterocycles. The van der Waals surface area contributed by atoms with Crippen molar-refractivity contribution in [2.24, 2.45) is 0 Å². The lowest BCUT2D eigenvalue weighted by Gasteiger charge is -2.22. The number of hydroxylamine groups is 1. The Hall–Kier alpha value is -1.67. The Labute approximate surface area is 150 Å². The highest BCUT2D eigenvalue weighted by Gasteiger charge is 2.56. The number of carbonyl (C=O) groups is 2. The minimum absolute atomic E-state index is 0.229. The number of benzene rings is 1. The molecule has 0 saturated carbocycles. The first-order valence-electron chi connectivity index (χ1n) is 8.42. The van der Waals surface area contributed by atoms with Crippen LogP contribution in [0.4, 0.5) is 5.69 Å². The summed E-state index contributed by atoms with van der Waals surface area (Å²) in [5, 5.41) is 8.95. The summed E-state index contributed by atoms with van der Waals surface area (Å²) in [6.07, 6.45) is 3.44. The molecule has 3 rings (SSSR count). The van der Waals surface area contributed by atoms with Crippen LogP contribution in [-0.2, 0) is 24.8 Å². The van der Waals surface area contributed by atoms with Gasteiger partial charge in [0.05, 0.1) is 23.9 Å². The van der Waals surface area contributed by atoms with Gasteiger partial charge in [-0.2, -0.15) is 0 Å². The van der Waals surface area contributed by atoms with Crippen LogP contribution in [0.15, 0.2) is 18.2 Å². The smallest absolute Gasteiger partial charge is 0.292 e. The molecule has 2 aliphatic rings. The zero-order chi connectivity index (χ0) is 17.9. The summed E-state index contributed by atoms with van der Waals surface area (Å²) in [5.74, 6) is -1.96. The van der Waals surface area contributed by atoms with Crippen LogP contribution in [0, 0.1) is 0 Å².